The van der Waals surface area contributed by atoms with E-state index in [9.17, 15) is 19.2 Å². The second-order valence-corrected chi connectivity index (χ2v) is 14.6. The van der Waals surface area contributed by atoms with Crippen molar-refractivity contribution in [3.05, 3.63) is 132 Å². The zero-order valence-corrected chi connectivity index (χ0v) is 33.1. The van der Waals surface area contributed by atoms with E-state index in [2.05, 4.69) is 40.5 Å². The van der Waals surface area contributed by atoms with Gasteiger partial charge in [-0.25, -0.2) is 29.5 Å². The number of amides is 4. The molecule has 306 valence electrons. The second kappa shape index (κ2) is 17.6. The van der Waals surface area contributed by atoms with Gasteiger partial charge < -0.3 is 39.9 Å². The molecule has 2 unspecified atom stereocenters. The highest BCUT2D eigenvalue weighted by atomic mass is 16.5. The quantitative estimate of drug-likeness (QED) is 0.113. The minimum atomic E-state index is -0.904. The van der Waals surface area contributed by atoms with Crippen molar-refractivity contribution in [2.45, 2.75) is 49.9 Å². The third kappa shape index (κ3) is 8.30. The largest absolute Gasteiger partial charge is 0.453 e. The van der Waals surface area contributed by atoms with Crippen LogP contribution in [0.2, 0.25) is 0 Å². The number of aromatic amines is 2. The minimum Gasteiger partial charge on any atom is -0.453 e. The first-order valence-corrected chi connectivity index (χ1v) is 19.7. The number of imidazole rings is 2. The summed E-state index contributed by atoms with van der Waals surface area (Å²) in [6, 6.07) is 23.6. The van der Waals surface area contributed by atoms with Crippen LogP contribution >= 0.6 is 0 Å². The number of H-pyrrole nitrogens is 2. The first-order valence-electron chi connectivity index (χ1n) is 19.7. The third-order valence-corrected chi connectivity index (χ3v) is 11.0. The summed E-state index contributed by atoms with van der Waals surface area (Å²) in [5.41, 5.74) is 5.30. The first-order chi connectivity index (χ1) is 29.3. The summed E-state index contributed by atoms with van der Waals surface area (Å²) in [7, 11) is 2.54. The van der Waals surface area contributed by atoms with Crippen molar-refractivity contribution in [3.8, 4) is 33.9 Å². The van der Waals surface area contributed by atoms with Crippen LogP contribution in [-0.4, -0.2) is 91.0 Å². The second-order valence-electron chi connectivity index (χ2n) is 14.6. The molecule has 4 amide bonds. The maximum Gasteiger partial charge on any atom is 0.407 e. The molecule has 5 heterocycles. The van der Waals surface area contributed by atoms with Crippen LogP contribution in [0.3, 0.4) is 0 Å². The van der Waals surface area contributed by atoms with Crippen LogP contribution in [0.15, 0.2) is 110 Å². The number of alkyl carbamates (subject to hydrolysis) is 2. The Kier molecular flexibility index (Phi) is 11.6. The van der Waals surface area contributed by atoms with Crippen molar-refractivity contribution < 1.29 is 28.7 Å². The molecule has 4 atom stereocenters. The van der Waals surface area contributed by atoms with Crippen LogP contribution in [0.1, 0.15) is 72.6 Å². The van der Waals surface area contributed by atoms with E-state index >= 15 is 0 Å². The fourth-order valence-electron chi connectivity index (χ4n) is 7.90. The smallest absolute Gasteiger partial charge is 0.407 e. The molecule has 2 fully saturated rings. The van der Waals surface area contributed by atoms with Gasteiger partial charge in [0.1, 0.15) is 23.7 Å². The van der Waals surface area contributed by atoms with E-state index in [1.807, 2.05) is 60.7 Å². The van der Waals surface area contributed by atoms with E-state index in [1.165, 1.54) is 14.2 Å². The van der Waals surface area contributed by atoms with Gasteiger partial charge in [-0.2, -0.15) is 0 Å². The fraction of sp³-hybridized carbons (Fsp3) is 0.273. The van der Waals surface area contributed by atoms with Gasteiger partial charge in [-0.05, 0) is 42.4 Å². The predicted molar refractivity (Wildman–Crippen MR) is 219 cm³/mol. The third-order valence-electron chi connectivity index (χ3n) is 11.0. The van der Waals surface area contributed by atoms with Gasteiger partial charge in [0, 0.05) is 36.6 Å². The average Bonchev–Trinajstić information content (AvgIpc) is 4.15. The van der Waals surface area contributed by atoms with Gasteiger partial charge in [-0.1, -0.05) is 84.9 Å². The van der Waals surface area contributed by atoms with Crippen LogP contribution in [-0.2, 0) is 19.1 Å². The van der Waals surface area contributed by atoms with Gasteiger partial charge in [0.15, 0.2) is 5.82 Å². The maximum absolute atomic E-state index is 13.9. The van der Waals surface area contributed by atoms with Crippen LogP contribution < -0.4 is 10.6 Å². The van der Waals surface area contributed by atoms with Gasteiger partial charge >= 0.3 is 12.2 Å². The number of likely N-dealkylation sites (tertiary alicyclic amines) is 2. The number of methoxy groups -OCH3 is 2. The standard InChI is InChI=1S/C44H44N10O6/c1-59-43(57)51-36(28-11-5-3-6-12-28)41(55)53-21-9-15-34(53)39-47-25-32(49-39)27-17-19-30(20-18-27)38-45-23-31(24-46-38)33-26-48-40(50-33)35-16-10-22-54(35)42(56)37(52-44(58)60-2)29-13-7-4-8-14-29/h3-8,11-14,17-20,23-26,34-37H,9-10,15-16,21-22H2,1-2H3,(H,47,49)(H,48,50)(H,51,57)(H,52,58)/t34?,35?,36-,37-/m1/s1. The molecule has 8 rings (SSSR count). The Bertz CT molecular complexity index is 2270. The molecular weight excluding hydrogens is 765 g/mol. The summed E-state index contributed by atoms with van der Waals surface area (Å²) in [5, 5.41) is 5.39. The number of nitrogens with one attached hydrogen (secondary N) is 4. The molecule has 0 saturated carbocycles. The van der Waals surface area contributed by atoms with Crippen molar-refractivity contribution in [3.63, 3.8) is 0 Å². The van der Waals surface area contributed by atoms with Crippen LogP contribution in [0.4, 0.5) is 9.59 Å². The molecular formula is C44H44N10O6. The molecule has 60 heavy (non-hydrogen) atoms. The Labute approximate surface area is 345 Å². The summed E-state index contributed by atoms with van der Waals surface area (Å²) >= 11 is 0. The highest BCUT2D eigenvalue weighted by Crippen LogP contribution is 2.36. The summed E-state index contributed by atoms with van der Waals surface area (Å²) in [5.74, 6) is 1.38. The number of hydrogen-bond donors (Lipinski definition) is 4. The molecule has 2 aliphatic rings. The van der Waals surface area contributed by atoms with E-state index in [-0.39, 0.29) is 23.9 Å². The number of benzene rings is 3. The van der Waals surface area contributed by atoms with Crippen molar-refractivity contribution in [1.82, 2.24) is 50.3 Å². The van der Waals surface area contributed by atoms with E-state index in [1.54, 1.807) is 58.9 Å². The zero-order valence-electron chi connectivity index (χ0n) is 33.1. The normalized spacial score (nSPS) is 17.2. The summed E-state index contributed by atoms with van der Waals surface area (Å²) < 4.78 is 9.63. The molecule has 2 saturated heterocycles. The average molecular weight is 809 g/mol. The van der Waals surface area contributed by atoms with Crippen LogP contribution in [0.25, 0.3) is 33.9 Å². The van der Waals surface area contributed by atoms with Crippen molar-refractivity contribution >= 4 is 24.0 Å². The molecule has 0 aliphatic carbocycles. The van der Waals surface area contributed by atoms with E-state index in [4.69, 9.17) is 9.47 Å². The summed E-state index contributed by atoms with van der Waals surface area (Å²) in [6.07, 6.45) is 8.61. The lowest BCUT2D eigenvalue weighted by molar-refractivity contribution is -0.135. The molecule has 4 N–H and O–H groups in total. The SMILES string of the molecule is COC(=O)N[C@@H](C(=O)N1CCCC1c1ncc(-c2ccc(-c3ncc(-c4cnc(C5CCCN5C(=O)[C@H](NC(=O)OC)c5ccccc5)[nH]4)cn3)cc2)[nH]1)c1ccccc1. The van der Waals surface area contributed by atoms with Crippen LogP contribution in [0.5, 0.6) is 0 Å². The van der Waals surface area contributed by atoms with Gasteiger partial charge in [0.05, 0.1) is 50.1 Å². The van der Waals surface area contributed by atoms with Gasteiger partial charge in [0.25, 0.3) is 11.8 Å². The van der Waals surface area contributed by atoms with E-state index in [0.717, 1.165) is 41.6 Å². The highest BCUT2D eigenvalue weighted by molar-refractivity contribution is 5.88. The van der Waals surface area contributed by atoms with E-state index < -0.39 is 24.3 Å². The molecule has 0 radical (unpaired) electrons. The Morgan fingerprint density at radius 2 is 1.02 bits per heavy atom. The molecule has 3 aromatic carbocycles. The summed E-state index contributed by atoms with van der Waals surface area (Å²) in [4.78, 5) is 81.1. The van der Waals surface area contributed by atoms with E-state index in [0.29, 0.717) is 53.8 Å². The van der Waals surface area contributed by atoms with Gasteiger partial charge in [-0.3, -0.25) is 9.59 Å². The Balaban J connectivity index is 0.928. The number of nitrogens with zero attached hydrogens (tertiary/aromatic N) is 6. The van der Waals surface area contributed by atoms with Gasteiger partial charge in [-0.15, -0.1) is 0 Å². The summed E-state index contributed by atoms with van der Waals surface area (Å²) in [6.45, 7) is 1.06. The lowest BCUT2D eigenvalue weighted by Crippen LogP contribution is -2.42. The molecule has 16 nitrogen and oxygen atoms in total. The molecule has 0 spiro atoms. The van der Waals surface area contributed by atoms with Crippen molar-refractivity contribution in [2.75, 3.05) is 27.3 Å². The topological polar surface area (TPSA) is 200 Å². The molecule has 2 aliphatic heterocycles. The zero-order chi connectivity index (χ0) is 41.6. The molecule has 0 bridgehead atoms. The van der Waals surface area contributed by atoms with Crippen LogP contribution in [0, 0.1) is 0 Å². The highest BCUT2D eigenvalue weighted by Gasteiger charge is 2.38. The number of ether oxygens (including phenoxy) is 2. The lowest BCUT2D eigenvalue weighted by Gasteiger charge is -2.28. The number of rotatable bonds is 11. The van der Waals surface area contributed by atoms with Crippen molar-refractivity contribution in [1.29, 1.82) is 0 Å². The number of carbonyl (C=O) groups is 4. The maximum atomic E-state index is 13.9. The number of aromatic nitrogens is 6. The Morgan fingerprint density at radius 1 is 0.583 bits per heavy atom. The molecule has 6 aromatic rings. The molecule has 3 aromatic heterocycles. The van der Waals surface area contributed by atoms with Crippen molar-refractivity contribution in [2.24, 2.45) is 0 Å². The number of carbonyl (C=O) groups excluding carboxylic acids is 4. The lowest BCUT2D eigenvalue weighted by atomic mass is 10.1. The Morgan fingerprint density at radius 3 is 1.47 bits per heavy atom. The number of hydrogen-bond acceptors (Lipinski definition) is 10. The monoisotopic (exact) mass is 808 g/mol. The van der Waals surface area contributed by atoms with Gasteiger partial charge in [0.2, 0.25) is 0 Å². The predicted octanol–water partition coefficient (Wildman–Crippen LogP) is 6.45. The Hall–Kier alpha value is -7.36. The first kappa shape index (κ1) is 39.5. The minimum absolute atomic E-state index is 0.230. The fourth-order valence-corrected chi connectivity index (χ4v) is 7.90. The molecule has 16 heteroatoms.